The Morgan fingerprint density at radius 3 is 2.64 bits per heavy atom. The van der Waals surface area contributed by atoms with Crippen molar-refractivity contribution in [2.24, 2.45) is 17.3 Å². The minimum Gasteiger partial charge on any atom is -0.464 e. The lowest BCUT2D eigenvalue weighted by Crippen LogP contribution is -2.68. The van der Waals surface area contributed by atoms with Crippen molar-refractivity contribution in [2.45, 2.75) is 95.4 Å². The van der Waals surface area contributed by atoms with Crippen molar-refractivity contribution in [1.82, 2.24) is 40.1 Å². The molecule has 20 heteroatoms. The standard InChI is InChI=1S/C47H54F3N8O7SSi/c1-8-33(59)56-18-15-27(21-56)42(61)55(6)37(25(2)3)40(60)53-46(67)20-28-22-66-41(52-28)26-13-14-32-30(19-26)34-35(45(4,5)24-65-43(62)31-12-10-17-58(54-31)44(46)63)39(64-7)36-29(11-9-16-51-36)38(34)57(32)23-47(48,49)50/h8-9,11,13-14,16,19,22,25,27,31,35,37,39,54H,1,10,12,15,17-18,20-21,23-24H2,2-7H3,(H,53,60)/t27-,31-,35?,37-,39-,46+/m0/s1. The van der Waals surface area contributed by atoms with Gasteiger partial charge in [0.1, 0.15) is 34.9 Å². The fourth-order valence-electron chi connectivity index (χ4n) is 10.3. The van der Waals surface area contributed by atoms with Gasteiger partial charge in [0.15, 0.2) is 0 Å². The number of halogens is 3. The number of hydrogen-bond acceptors (Lipinski definition) is 11. The molecule has 355 valence electrons. The quantitative estimate of drug-likeness (QED) is 0.135. The third-order valence-electron chi connectivity index (χ3n) is 13.5. The molecular formula is C47H54F3N8O7SSi. The molecule has 3 aromatic heterocycles. The Morgan fingerprint density at radius 2 is 1.94 bits per heavy atom. The lowest BCUT2D eigenvalue weighted by Gasteiger charge is -2.43. The van der Waals surface area contributed by atoms with E-state index >= 15 is 0 Å². The van der Waals surface area contributed by atoms with Crippen LogP contribution in [-0.4, -0.2) is 133 Å². The number of ether oxygens (including phenoxy) is 2. The van der Waals surface area contributed by atoms with Crippen molar-refractivity contribution in [3.05, 3.63) is 71.5 Å². The molecule has 0 saturated carbocycles. The van der Waals surface area contributed by atoms with Crippen LogP contribution < -0.4 is 10.7 Å². The summed E-state index contributed by atoms with van der Waals surface area (Å²) in [4.78, 5) is 82.3. The molecule has 0 spiro atoms. The Labute approximate surface area is 393 Å². The highest BCUT2D eigenvalue weighted by Gasteiger charge is 2.49. The number of methoxy groups -OCH3 is 1. The molecule has 4 aromatic rings. The lowest BCUT2D eigenvalue weighted by atomic mass is 9.67. The molecule has 15 nitrogen and oxygen atoms in total. The highest BCUT2D eigenvalue weighted by molar-refractivity contribution is 7.13. The number of aromatic nitrogens is 3. The molecule has 4 amide bonds. The molecule has 6 atom stereocenters. The van der Waals surface area contributed by atoms with E-state index in [-0.39, 0.29) is 37.9 Å². The fraction of sp³-hybridized carbons (Fsp3) is 0.511. The highest BCUT2D eigenvalue weighted by Crippen LogP contribution is 2.57. The maximum Gasteiger partial charge on any atom is 0.406 e. The molecule has 1 unspecified atom stereocenters. The smallest absolute Gasteiger partial charge is 0.406 e. The van der Waals surface area contributed by atoms with Gasteiger partial charge in [0.25, 0.3) is 5.91 Å². The molecule has 2 fully saturated rings. The van der Waals surface area contributed by atoms with E-state index in [9.17, 15) is 37.1 Å². The number of nitrogens with one attached hydrogen (secondary N) is 2. The first-order chi connectivity index (χ1) is 31.7. The Bertz CT molecular complexity index is 2630. The first-order valence-corrected chi connectivity index (χ1v) is 23.7. The molecule has 2 saturated heterocycles. The van der Waals surface area contributed by atoms with Crippen LogP contribution in [-0.2, 0) is 46.4 Å². The number of alkyl halides is 3. The second-order valence-electron chi connectivity index (χ2n) is 19.0. The number of carbonyl (C=O) groups is 5. The van der Waals surface area contributed by atoms with Crippen molar-refractivity contribution in [3.8, 4) is 21.8 Å². The largest absolute Gasteiger partial charge is 0.464 e. The average molecular weight is 960 g/mol. The summed E-state index contributed by atoms with van der Waals surface area (Å²) in [5, 5.41) is 5.14. The number of hydrazine groups is 1. The van der Waals surface area contributed by atoms with Gasteiger partial charge in [0.2, 0.25) is 17.7 Å². The van der Waals surface area contributed by atoms with E-state index in [0.717, 1.165) is 0 Å². The van der Waals surface area contributed by atoms with E-state index in [0.29, 0.717) is 75.5 Å². The van der Waals surface area contributed by atoms with Gasteiger partial charge in [-0.15, -0.1) is 11.3 Å². The van der Waals surface area contributed by atoms with E-state index in [1.807, 2.05) is 19.9 Å². The Hall–Kier alpha value is -5.44. The summed E-state index contributed by atoms with van der Waals surface area (Å²) in [6.45, 7) is 10.2. The Balaban J connectivity index is 1.22. The molecule has 2 N–H and O–H groups in total. The molecule has 1 aromatic carbocycles. The normalized spacial score (nSPS) is 24.5. The fourth-order valence-corrected chi connectivity index (χ4v) is 11.6. The van der Waals surface area contributed by atoms with Crippen LogP contribution >= 0.6 is 11.3 Å². The molecule has 8 rings (SSSR count). The summed E-state index contributed by atoms with van der Waals surface area (Å²) in [7, 11) is 6.78. The van der Waals surface area contributed by atoms with Gasteiger partial charge in [0, 0.05) is 85.2 Å². The van der Waals surface area contributed by atoms with E-state index in [4.69, 9.17) is 14.5 Å². The number of hydrogen-bond donors (Lipinski definition) is 2. The number of rotatable bonds is 8. The first kappa shape index (κ1) is 48.0. The number of carbonyl (C=O) groups excluding carboxylic acids is 5. The van der Waals surface area contributed by atoms with Gasteiger partial charge in [-0.1, -0.05) is 34.3 Å². The minimum absolute atomic E-state index is 0.171. The van der Waals surface area contributed by atoms with Crippen LogP contribution in [0.25, 0.3) is 32.7 Å². The summed E-state index contributed by atoms with van der Waals surface area (Å²) in [6, 6.07) is 6.60. The van der Waals surface area contributed by atoms with Gasteiger partial charge in [-0.2, -0.15) is 13.2 Å². The summed E-state index contributed by atoms with van der Waals surface area (Å²) >= 11 is 1.27. The van der Waals surface area contributed by atoms with Crippen molar-refractivity contribution in [1.29, 1.82) is 0 Å². The summed E-state index contributed by atoms with van der Waals surface area (Å²) in [5.41, 5.74) is 5.33. The highest BCUT2D eigenvalue weighted by atomic mass is 32.1. The van der Waals surface area contributed by atoms with Gasteiger partial charge < -0.3 is 29.2 Å². The van der Waals surface area contributed by atoms with Gasteiger partial charge in [-0.25, -0.2) is 10.4 Å². The molecule has 67 heavy (non-hydrogen) atoms. The Kier molecular flexibility index (Phi) is 13.1. The molecule has 4 aliphatic rings. The van der Waals surface area contributed by atoms with Crippen LogP contribution in [0.4, 0.5) is 13.2 Å². The third kappa shape index (κ3) is 9.04. The molecular weight excluding hydrogens is 906 g/mol. The van der Waals surface area contributed by atoms with Gasteiger partial charge in [-0.05, 0) is 67.2 Å². The van der Waals surface area contributed by atoms with Crippen LogP contribution in [0, 0.1) is 17.3 Å². The minimum atomic E-state index is -4.59. The van der Waals surface area contributed by atoms with Crippen LogP contribution in [0.15, 0.2) is 54.6 Å². The second kappa shape index (κ2) is 18.2. The van der Waals surface area contributed by atoms with E-state index in [1.165, 1.54) is 46.0 Å². The number of likely N-dealkylation sites (N-methyl/N-ethyl adjacent to an activating group) is 1. The van der Waals surface area contributed by atoms with Crippen molar-refractivity contribution >= 4 is 62.1 Å². The number of fused-ring (bicyclic) bond motifs is 8. The first-order valence-electron chi connectivity index (χ1n) is 22.3. The molecule has 1 aliphatic carbocycles. The van der Waals surface area contributed by atoms with Crippen LogP contribution in [0.3, 0.4) is 0 Å². The van der Waals surface area contributed by atoms with E-state index < -0.39 is 77.0 Å². The van der Waals surface area contributed by atoms with Crippen molar-refractivity contribution in [2.75, 3.05) is 40.4 Å². The zero-order valence-corrected chi connectivity index (χ0v) is 40.1. The molecule has 3 radical (unpaired) electrons. The second-order valence-corrected chi connectivity index (χ2v) is 20.7. The van der Waals surface area contributed by atoms with Crippen LogP contribution in [0.2, 0.25) is 0 Å². The van der Waals surface area contributed by atoms with Gasteiger partial charge in [0.05, 0.1) is 39.8 Å². The van der Waals surface area contributed by atoms with Crippen LogP contribution in [0.1, 0.15) is 75.9 Å². The van der Waals surface area contributed by atoms with Gasteiger partial charge >= 0.3 is 12.1 Å². The van der Waals surface area contributed by atoms with Crippen LogP contribution in [0.5, 0.6) is 0 Å². The maximum absolute atomic E-state index is 14.9. The number of nitrogens with zero attached hydrogens (tertiary/aromatic N) is 6. The topological polar surface area (TPSA) is 168 Å². The SMILES string of the molecule is C=CC(=O)N1CC[C@H](C(=O)N(C)[C@H](C(=O)N[C@@]2([Si])Cc3csc(n3)-c3ccc4c(c3)c3c(n4CC(F)(F)F)-c4cccnc4[C@@H](OC)C3C(C)(C)COC(=O)[C@@H]3CCCN(N3)C2=O)C(C)C)C1. The third-order valence-corrected chi connectivity index (χ3v) is 14.9. The predicted molar refractivity (Wildman–Crippen MR) is 244 cm³/mol. The number of cyclic esters (lactones) is 1. The Morgan fingerprint density at radius 1 is 1.18 bits per heavy atom. The average Bonchev–Trinajstić information content (AvgIpc) is 4.04. The number of benzene rings is 1. The summed E-state index contributed by atoms with van der Waals surface area (Å²) < 4.78 is 57.3. The number of likely N-dealkylation sites (tertiary alicyclic amines) is 1. The van der Waals surface area contributed by atoms with Crippen molar-refractivity contribution in [3.63, 3.8) is 0 Å². The van der Waals surface area contributed by atoms with E-state index in [2.05, 4.69) is 32.5 Å². The zero-order valence-electron chi connectivity index (χ0n) is 38.2. The molecule has 3 aliphatic heterocycles. The molecule has 6 bridgehead atoms. The lowest BCUT2D eigenvalue weighted by molar-refractivity contribution is -0.157. The predicted octanol–water partition coefficient (Wildman–Crippen LogP) is 5.29. The van der Waals surface area contributed by atoms with E-state index in [1.54, 1.807) is 54.6 Å². The zero-order chi connectivity index (χ0) is 48.3. The summed E-state index contributed by atoms with van der Waals surface area (Å²) in [5.74, 6) is -4.12. The number of esters is 1. The summed E-state index contributed by atoms with van der Waals surface area (Å²) in [6.07, 6.45) is -1.59. The number of amides is 4. The van der Waals surface area contributed by atoms with Crippen molar-refractivity contribution < 1.29 is 46.6 Å². The number of thiazole rings is 1. The molecule has 6 heterocycles. The number of pyridine rings is 1. The monoisotopic (exact) mass is 959 g/mol. The maximum atomic E-state index is 14.9. The van der Waals surface area contributed by atoms with Gasteiger partial charge in [-0.3, -0.25) is 34.0 Å².